The molecule has 1 amide bonds. The number of rotatable bonds is 7. The zero-order valence-corrected chi connectivity index (χ0v) is 14.5. The molecule has 1 heterocycles. The van der Waals surface area contributed by atoms with Crippen molar-refractivity contribution in [2.24, 2.45) is 0 Å². The molecule has 134 valence electrons. The smallest absolute Gasteiger partial charge is 0.247 e. The Morgan fingerprint density at radius 2 is 1.85 bits per heavy atom. The van der Waals surface area contributed by atoms with Crippen LogP contribution in [-0.4, -0.2) is 16.1 Å². The maximum absolute atomic E-state index is 14.3. The van der Waals surface area contributed by atoms with Crippen LogP contribution in [0.5, 0.6) is 0 Å². The van der Waals surface area contributed by atoms with Gasteiger partial charge in [0, 0.05) is 17.5 Å². The molecule has 2 aromatic carbocycles. The number of hydrogen-bond acceptors (Lipinski definition) is 4. The Kier molecular flexibility index (Phi) is 5.73. The van der Waals surface area contributed by atoms with Crippen LogP contribution in [0.4, 0.5) is 4.39 Å². The van der Waals surface area contributed by atoms with Crippen molar-refractivity contribution in [1.29, 1.82) is 0 Å². The first-order chi connectivity index (χ1) is 12.7. The van der Waals surface area contributed by atoms with Gasteiger partial charge in [-0.15, -0.1) is 10.2 Å². The molecule has 0 fully saturated rings. The molecule has 1 atom stereocenters. The summed E-state index contributed by atoms with van der Waals surface area (Å²) in [7, 11) is 0. The third-order valence-electron chi connectivity index (χ3n) is 3.99. The summed E-state index contributed by atoms with van der Waals surface area (Å²) in [5, 5.41) is 10.9. The fourth-order valence-corrected chi connectivity index (χ4v) is 2.60. The zero-order valence-electron chi connectivity index (χ0n) is 14.5. The first-order valence-electron chi connectivity index (χ1n) is 8.61. The van der Waals surface area contributed by atoms with Gasteiger partial charge in [0.25, 0.3) is 0 Å². The van der Waals surface area contributed by atoms with Crippen LogP contribution in [0.2, 0.25) is 0 Å². The Labute approximate surface area is 151 Å². The van der Waals surface area contributed by atoms with Crippen molar-refractivity contribution in [3.8, 4) is 11.5 Å². The monoisotopic (exact) mass is 353 g/mol. The van der Waals surface area contributed by atoms with Crippen LogP contribution in [-0.2, 0) is 4.79 Å². The molecule has 0 unspecified atom stereocenters. The molecule has 1 aromatic heterocycles. The van der Waals surface area contributed by atoms with Gasteiger partial charge in [-0.25, -0.2) is 4.39 Å². The fourth-order valence-electron chi connectivity index (χ4n) is 2.60. The molecule has 0 radical (unpaired) electrons. The standard InChI is InChI=1S/C20H20FN3O2/c1-2-3-13-17(25)22-18(15-11-7-8-12-16(15)21)20-24-23-19(26-20)14-9-5-4-6-10-14/h4-12,18H,2-3,13H2,1H3,(H,22,25)/t18-/m1/s1. The number of amides is 1. The zero-order chi connectivity index (χ0) is 18.4. The average Bonchev–Trinajstić information content (AvgIpc) is 3.16. The number of nitrogens with zero attached hydrogens (tertiary/aromatic N) is 2. The first-order valence-corrected chi connectivity index (χ1v) is 8.61. The van der Waals surface area contributed by atoms with Gasteiger partial charge in [0.15, 0.2) is 0 Å². The van der Waals surface area contributed by atoms with E-state index >= 15 is 0 Å². The van der Waals surface area contributed by atoms with Crippen molar-refractivity contribution in [2.75, 3.05) is 0 Å². The normalized spacial score (nSPS) is 11.9. The first kappa shape index (κ1) is 17.8. The van der Waals surface area contributed by atoms with Crippen molar-refractivity contribution in [3.63, 3.8) is 0 Å². The van der Waals surface area contributed by atoms with Crippen LogP contribution >= 0.6 is 0 Å². The lowest BCUT2D eigenvalue weighted by Gasteiger charge is -2.16. The van der Waals surface area contributed by atoms with Crippen LogP contribution < -0.4 is 5.32 Å². The maximum atomic E-state index is 14.3. The van der Waals surface area contributed by atoms with Gasteiger partial charge in [-0.05, 0) is 24.6 Å². The third-order valence-corrected chi connectivity index (χ3v) is 3.99. The second-order valence-electron chi connectivity index (χ2n) is 5.94. The van der Waals surface area contributed by atoms with Crippen LogP contribution in [0.3, 0.4) is 0 Å². The van der Waals surface area contributed by atoms with E-state index in [4.69, 9.17) is 4.42 Å². The minimum absolute atomic E-state index is 0.152. The lowest BCUT2D eigenvalue weighted by atomic mass is 10.1. The Morgan fingerprint density at radius 1 is 1.12 bits per heavy atom. The van der Waals surface area contributed by atoms with E-state index in [0.29, 0.717) is 17.9 Å². The van der Waals surface area contributed by atoms with E-state index in [9.17, 15) is 9.18 Å². The van der Waals surface area contributed by atoms with Gasteiger partial charge >= 0.3 is 0 Å². The summed E-state index contributed by atoms with van der Waals surface area (Å²) in [6.45, 7) is 2.01. The Morgan fingerprint density at radius 3 is 2.58 bits per heavy atom. The highest BCUT2D eigenvalue weighted by Gasteiger charge is 2.25. The van der Waals surface area contributed by atoms with E-state index in [1.807, 2.05) is 37.3 Å². The SMILES string of the molecule is CCCCC(=O)N[C@@H](c1nnc(-c2ccccc2)o1)c1ccccc1F. The molecule has 3 aromatic rings. The molecule has 0 spiro atoms. The lowest BCUT2D eigenvalue weighted by molar-refractivity contribution is -0.121. The highest BCUT2D eigenvalue weighted by Crippen LogP contribution is 2.26. The van der Waals surface area contributed by atoms with Gasteiger partial charge in [-0.3, -0.25) is 4.79 Å². The quantitative estimate of drug-likeness (QED) is 0.689. The summed E-state index contributed by atoms with van der Waals surface area (Å²) in [4.78, 5) is 12.2. The molecule has 0 bridgehead atoms. The summed E-state index contributed by atoms with van der Waals surface area (Å²) >= 11 is 0. The van der Waals surface area contributed by atoms with Gasteiger partial charge in [-0.2, -0.15) is 0 Å². The molecular formula is C20H20FN3O2. The number of nitrogens with one attached hydrogen (secondary N) is 1. The van der Waals surface area contributed by atoms with Crippen molar-refractivity contribution in [3.05, 3.63) is 71.9 Å². The Balaban J connectivity index is 1.92. The van der Waals surface area contributed by atoms with E-state index in [-0.39, 0.29) is 11.8 Å². The number of hydrogen-bond donors (Lipinski definition) is 1. The number of carbonyl (C=O) groups is 1. The van der Waals surface area contributed by atoms with E-state index in [2.05, 4.69) is 15.5 Å². The summed E-state index contributed by atoms with van der Waals surface area (Å²) in [6, 6.07) is 14.7. The van der Waals surface area contributed by atoms with E-state index in [1.54, 1.807) is 18.2 Å². The third kappa shape index (κ3) is 4.14. The van der Waals surface area contributed by atoms with Gasteiger partial charge in [0.2, 0.25) is 17.7 Å². The molecule has 1 N–H and O–H groups in total. The summed E-state index contributed by atoms with van der Waals surface area (Å²) < 4.78 is 20.1. The topological polar surface area (TPSA) is 68.0 Å². The van der Waals surface area contributed by atoms with Gasteiger partial charge < -0.3 is 9.73 Å². The molecule has 0 saturated heterocycles. The molecule has 0 aliphatic carbocycles. The van der Waals surface area contributed by atoms with Gasteiger partial charge in [0.1, 0.15) is 11.9 Å². The molecule has 0 aliphatic rings. The van der Waals surface area contributed by atoms with E-state index in [1.165, 1.54) is 6.07 Å². The number of unbranched alkanes of at least 4 members (excludes halogenated alkanes) is 1. The number of benzene rings is 2. The Bertz CT molecular complexity index is 864. The molecule has 6 heteroatoms. The Hall–Kier alpha value is -3.02. The summed E-state index contributed by atoms with van der Waals surface area (Å²) in [5.41, 5.74) is 1.05. The van der Waals surface area contributed by atoms with Crippen LogP contribution in [0.15, 0.2) is 59.0 Å². The van der Waals surface area contributed by atoms with Crippen LogP contribution in [0.25, 0.3) is 11.5 Å². The predicted octanol–water partition coefficient (Wildman–Crippen LogP) is 4.27. The maximum Gasteiger partial charge on any atom is 0.247 e. The number of aromatic nitrogens is 2. The lowest BCUT2D eigenvalue weighted by Crippen LogP contribution is -2.30. The summed E-state index contributed by atoms with van der Waals surface area (Å²) in [6.07, 6.45) is 2.02. The van der Waals surface area contributed by atoms with Crippen molar-refractivity contribution in [2.45, 2.75) is 32.2 Å². The van der Waals surface area contributed by atoms with Crippen LogP contribution in [0, 0.1) is 5.82 Å². The van der Waals surface area contributed by atoms with Crippen LogP contribution in [0.1, 0.15) is 43.7 Å². The van der Waals surface area contributed by atoms with Gasteiger partial charge in [0.05, 0.1) is 0 Å². The van der Waals surface area contributed by atoms with Crippen molar-refractivity contribution in [1.82, 2.24) is 15.5 Å². The predicted molar refractivity (Wildman–Crippen MR) is 95.6 cm³/mol. The van der Waals surface area contributed by atoms with Crippen molar-refractivity contribution >= 4 is 5.91 Å². The molecule has 26 heavy (non-hydrogen) atoms. The van der Waals surface area contributed by atoms with E-state index < -0.39 is 11.9 Å². The minimum atomic E-state index is -0.828. The molecule has 5 nitrogen and oxygen atoms in total. The number of carbonyl (C=O) groups excluding carboxylic acids is 1. The summed E-state index contributed by atoms with van der Waals surface area (Å²) in [5.74, 6) is -0.143. The highest BCUT2D eigenvalue weighted by atomic mass is 19.1. The minimum Gasteiger partial charge on any atom is -0.418 e. The molecule has 3 rings (SSSR count). The average molecular weight is 353 g/mol. The molecule has 0 aliphatic heterocycles. The number of halogens is 1. The highest BCUT2D eigenvalue weighted by molar-refractivity contribution is 5.76. The largest absolute Gasteiger partial charge is 0.418 e. The van der Waals surface area contributed by atoms with E-state index in [0.717, 1.165) is 18.4 Å². The second kappa shape index (κ2) is 8.38. The van der Waals surface area contributed by atoms with Crippen molar-refractivity contribution < 1.29 is 13.6 Å². The second-order valence-corrected chi connectivity index (χ2v) is 5.94. The molecular weight excluding hydrogens is 333 g/mol. The fraction of sp³-hybridized carbons (Fsp3) is 0.250. The van der Waals surface area contributed by atoms with Gasteiger partial charge in [-0.1, -0.05) is 49.7 Å². The molecule has 0 saturated carbocycles.